The van der Waals surface area contributed by atoms with Crippen molar-refractivity contribution in [3.8, 4) is 28.4 Å². The van der Waals surface area contributed by atoms with Crippen molar-refractivity contribution < 1.29 is 14.3 Å². The fraction of sp³-hybridized carbons (Fsp3) is 0.133. The Hall–Kier alpha value is -4.89. The molecule has 0 saturated carbocycles. The number of ether oxygens (including phenoxy) is 2. The zero-order valence-electron chi connectivity index (χ0n) is 22.0. The molecule has 3 aromatic carbocycles. The van der Waals surface area contributed by atoms with Gasteiger partial charge < -0.3 is 20.5 Å². The monoisotopic (exact) mass is 555 g/mol. The predicted octanol–water partition coefficient (Wildman–Crippen LogP) is 5.19. The average molecular weight is 556 g/mol. The summed E-state index contributed by atoms with van der Waals surface area (Å²) in [5, 5.41) is 4.34. The summed E-state index contributed by atoms with van der Waals surface area (Å²) in [5.74, 6) is 0.494. The number of anilines is 1. The maximum absolute atomic E-state index is 13.7. The van der Waals surface area contributed by atoms with Gasteiger partial charge >= 0.3 is 0 Å². The molecule has 0 aliphatic carbocycles. The van der Waals surface area contributed by atoms with Gasteiger partial charge in [0.15, 0.2) is 23.0 Å². The number of nitrogens with two attached hydrogens (primary N) is 1. The first-order valence-corrected chi connectivity index (χ1v) is 12.8. The van der Waals surface area contributed by atoms with Gasteiger partial charge in [0.1, 0.15) is 0 Å². The minimum atomic E-state index is -0.616. The van der Waals surface area contributed by atoms with E-state index < -0.39 is 11.9 Å². The Morgan fingerprint density at radius 2 is 1.75 bits per heavy atom. The highest BCUT2D eigenvalue weighted by molar-refractivity contribution is 6.35. The summed E-state index contributed by atoms with van der Waals surface area (Å²) in [6, 6.07) is 20.9. The largest absolute Gasteiger partial charge is 0.493 e. The molecule has 2 aromatic heterocycles. The van der Waals surface area contributed by atoms with Gasteiger partial charge in [-0.05, 0) is 54.8 Å². The van der Waals surface area contributed by atoms with E-state index in [4.69, 9.17) is 26.8 Å². The molecule has 5 rings (SSSR count). The molecule has 5 aromatic rings. The van der Waals surface area contributed by atoms with Gasteiger partial charge in [-0.2, -0.15) is 0 Å². The van der Waals surface area contributed by atoms with Crippen molar-refractivity contribution in [2.45, 2.75) is 13.0 Å². The van der Waals surface area contributed by atoms with Crippen molar-refractivity contribution in [1.82, 2.24) is 19.9 Å². The van der Waals surface area contributed by atoms with E-state index in [0.29, 0.717) is 49.9 Å². The van der Waals surface area contributed by atoms with Crippen molar-refractivity contribution in [2.24, 2.45) is 0 Å². The van der Waals surface area contributed by atoms with Crippen molar-refractivity contribution in [3.05, 3.63) is 106 Å². The van der Waals surface area contributed by atoms with Crippen LogP contribution in [0.1, 0.15) is 29.1 Å². The van der Waals surface area contributed by atoms with Gasteiger partial charge in [0.2, 0.25) is 0 Å². The summed E-state index contributed by atoms with van der Waals surface area (Å²) in [4.78, 5) is 35.8. The first kappa shape index (κ1) is 26.7. The van der Waals surface area contributed by atoms with E-state index in [2.05, 4.69) is 15.3 Å². The molecule has 0 bridgehead atoms. The number of benzene rings is 3. The molecule has 3 N–H and O–H groups in total. The van der Waals surface area contributed by atoms with Crippen LogP contribution in [-0.2, 0) is 0 Å². The van der Waals surface area contributed by atoms with Crippen LogP contribution in [0.2, 0.25) is 5.02 Å². The number of methoxy groups -OCH3 is 2. The quantitative estimate of drug-likeness (QED) is 0.283. The standard InChI is InChI=1S/C30H26ClN5O4/c1-17(23-14-19-8-7-11-21(31)26(19)30(38)36(23)20-9-5-4-6-10-20)34-29(37)27-28(32)33-16-22(35-27)18-12-13-24(39-2)25(15-18)40-3/h4-17H,1-3H3,(H2,32,33)(H,34,37)/t17-/m0/s1. The average Bonchev–Trinajstić information content (AvgIpc) is 2.97. The number of rotatable bonds is 7. The minimum Gasteiger partial charge on any atom is -0.493 e. The SMILES string of the molecule is COc1ccc(-c2cnc(N)c(C(=O)N[C@@H](C)c3cc4cccc(Cl)c4c(=O)n3-c3ccccc3)n2)cc1OC. The molecular weight excluding hydrogens is 530 g/mol. The van der Waals surface area contributed by atoms with Crippen LogP contribution in [-0.4, -0.2) is 34.7 Å². The second kappa shape index (κ2) is 11.1. The Morgan fingerprint density at radius 3 is 2.48 bits per heavy atom. The molecule has 0 spiro atoms. The predicted molar refractivity (Wildman–Crippen MR) is 155 cm³/mol. The molecule has 1 atom stereocenters. The third-order valence-electron chi connectivity index (χ3n) is 6.53. The molecule has 2 heterocycles. The van der Waals surface area contributed by atoms with E-state index in [1.165, 1.54) is 13.3 Å². The lowest BCUT2D eigenvalue weighted by atomic mass is 10.1. The molecule has 0 saturated heterocycles. The summed E-state index contributed by atoms with van der Waals surface area (Å²) in [7, 11) is 3.08. The van der Waals surface area contributed by atoms with Gasteiger partial charge in [0, 0.05) is 16.9 Å². The van der Waals surface area contributed by atoms with Gasteiger partial charge in [-0.15, -0.1) is 0 Å². The fourth-order valence-corrected chi connectivity index (χ4v) is 4.80. The van der Waals surface area contributed by atoms with Crippen molar-refractivity contribution in [1.29, 1.82) is 0 Å². The van der Waals surface area contributed by atoms with Gasteiger partial charge in [0.25, 0.3) is 11.5 Å². The summed E-state index contributed by atoms with van der Waals surface area (Å²) >= 11 is 6.41. The highest BCUT2D eigenvalue weighted by atomic mass is 35.5. The second-order valence-electron chi connectivity index (χ2n) is 9.00. The van der Waals surface area contributed by atoms with Crippen LogP contribution in [0, 0.1) is 0 Å². The number of carbonyl (C=O) groups is 1. The van der Waals surface area contributed by atoms with Gasteiger partial charge in [-0.1, -0.05) is 41.9 Å². The minimum absolute atomic E-state index is 0.0281. The lowest BCUT2D eigenvalue weighted by Crippen LogP contribution is -2.33. The zero-order valence-corrected chi connectivity index (χ0v) is 22.8. The molecule has 10 heteroatoms. The van der Waals surface area contributed by atoms with Crippen LogP contribution >= 0.6 is 11.6 Å². The Bertz CT molecular complexity index is 1790. The van der Waals surface area contributed by atoms with Crippen molar-refractivity contribution in [2.75, 3.05) is 20.0 Å². The Balaban J connectivity index is 1.54. The highest BCUT2D eigenvalue weighted by Crippen LogP contribution is 2.32. The van der Waals surface area contributed by atoms with Crippen LogP contribution in [0.25, 0.3) is 27.7 Å². The molecule has 0 aliphatic heterocycles. The van der Waals surface area contributed by atoms with Gasteiger partial charge in [-0.3, -0.25) is 14.2 Å². The van der Waals surface area contributed by atoms with Crippen molar-refractivity contribution in [3.63, 3.8) is 0 Å². The highest BCUT2D eigenvalue weighted by Gasteiger charge is 2.22. The first-order valence-electron chi connectivity index (χ1n) is 12.4. The number of nitrogen functional groups attached to an aromatic ring is 1. The molecule has 40 heavy (non-hydrogen) atoms. The molecule has 0 aliphatic rings. The summed E-state index contributed by atoms with van der Waals surface area (Å²) < 4.78 is 12.2. The summed E-state index contributed by atoms with van der Waals surface area (Å²) in [5.41, 5.74) is 8.02. The van der Waals surface area contributed by atoms with Crippen LogP contribution in [0.4, 0.5) is 5.82 Å². The van der Waals surface area contributed by atoms with Crippen LogP contribution < -0.4 is 26.1 Å². The van der Waals surface area contributed by atoms with Crippen LogP contribution in [0.5, 0.6) is 11.5 Å². The van der Waals surface area contributed by atoms with E-state index in [0.717, 1.165) is 0 Å². The maximum atomic E-state index is 13.7. The third-order valence-corrected chi connectivity index (χ3v) is 6.84. The fourth-order valence-electron chi connectivity index (χ4n) is 4.54. The topological polar surface area (TPSA) is 121 Å². The number of para-hydroxylation sites is 1. The number of hydrogen-bond acceptors (Lipinski definition) is 7. The second-order valence-corrected chi connectivity index (χ2v) is 9.41. The van der Waals surface area contributed by atoms with E-state index in [9.17, 15) is 9.59 Å². The van der Waals surface area contributed by atoms with Gasteiger partial charge in [0.05, 0.1) is 42.6 Å². The lowest BCUT2D eigenvalue weighted by molar-refractivity contribution is 0.0934. The maximum Gasteiger partial charge on any atom is 0.274 e. The number of halogens is 1. The summed E-state index contributed by atoms with van der Waals surface area (Å²) in [6.45, 7) is 1.78. The van der Waals surface area contributed by atoms with E-state index in [1.807, 2.05) is 42.5 Å². The number of fused-ring (bicyclic) bond motifs is 1. The number of aromatic nitrogens is 3. The smallest absolute Gasteiger partial charge is 0.274 e. The molecule has 0 fully saturated rings. The Kier molecular flexibility index (Phi) is 7.39. The van der Waals surface area contributed by atoms with Crippen molar-refractivity contribution >= 4 is 34.1 Å². The molecular formula is C30H26ClN5O4. The lowest BCUT2D eigenvalue weighted by Gasteiger charge is -2.21. The number of nitrogens with zero attached hydrogens (tertiary/aromatic N) is 3. The normalized spacial score (nSPS) is 11.7. The number of carbonyl (C=O) groups excluding carboxylic acids is 1. The van der Waals surface area contributed by atoms with Crippen LogP contribution in [0.3, 0.4) is 0 Å². The van der Waals surface area contributed by atoms with Gasteiger partial charge in [-0.25, -0.2) is 9.97 Å². The van der Waals surface area contributed by atoms with Crippen LogP contribution in [0.15, 0.2) is 83.8 Å². The number of nitrogens with one attached hydrogen (secondary N) is 1. The number of pyridine rings is 1. The van der Waals surface area contributed by atoms with E-state index in [1.54, 1.807) is 48.9 Å². The Morgan fingerprint density at radius 1 is 1.00 bits per heavy atom. The first-order chi connectivity index (χ1) is 19.3. The molecule has 9 nitrogen and oxygen atoms in total. The third kappa shape index (κ3) is 4.94. The van der Waals surface area contributed by atoms with E-state index in [-0.39, 0.29) is 17.1 Å². The molecule has 202 valence electrons. The molecule has 1 amide bonds. The Labute approximate surface area is 235 Å². The zero-order chi connectivity index (χ0) is 28.4. The molecule has 0 unspecified atom stereocenters. The number of amides is 1. The number of hydrogen-bond donors (Lipinski definition) is 2. The summed E-state index contributed by atoms with van der Waals surface area (Å²) in [6.07, 6.45) is 1.48. The van der Waals surface area contributed by atoms with E-state index >= 15 is 0 Å². The molecule has 0 radical (unpaired) electrons.